The molecule has 0 aliphatic rings. The zero-order valence-electron chi connectivity index (χ0n) is 12.8. The van der Waals surface area contributed by atoms with Gasteiger partial charge in [0.25, 0.3) is 10.0 Å². The lowest BCUT2D eigenvalue weighted by Crippen LogP contribution is -2.11. The van der Waals surface area contributed by atoms with E-state index in [1.165, 1.54) is 11.3 Å². The summed E-state index contributed by atoms with van der Waals surface area (Å²) in [5, 5.41) is 0. The first-order valence-corrected chi connectivity index (χ1v) is 9.36. The van der Waals surface area contributed by atoms with Gasteiger partial charge in [-0.25, -0.2) is 8.42 Å². The van der Waals surface area contributed by atoms with Crippen LogP contribution in [-0.4, -0.2) is 13.4 Å². The van der Waals surface area contributed by atoms with E-state index in [2.05, 4.69) is 9.71 Å². The minimum atomic E-state index is -3.59. The van der Waals surface area contributed by atoms with Gasteiger partial charge in [0, 0.05) is 11.9 Å². The van der Waals surface area contributed by atoms with Gasteiger partial charge in [-0.3, -0.25) is 9.71 Å². The number of sulfonamides is 1. The fourth-order valence-corrected chi connectivity index (χ4v) is 4.67. The molecule has 0 bridgehead atoms. The van der Waals surface area contributed by atoms with Gasteiger partial charge in [0.05, 0.1) is 10.6 Å². The lowest BCUT2D eigenvalue weighted by molar-refractivity contribution is 0.603. The van der Waals surface area contributed by atoms with E-state index in [1.807, 2.05) is 50.2 Å². The number of aryl methyl sites for hydroxylation is 2. The van der Waals surface area contributed by atoms with Gasteiger partial charge in [0.1, 0.15) is 4.21 Å². The van der Waals surface area contributed by atoms with E-state index in [4.69, 9.17) is 0 Å². The van der Waals surface area contributed by atoms with Crippen molar-refractivity contribution in [1.29, 1.82) is 0 Å². The van der Waals surface area contributed by atoms with Crippen LogP contribution in [0.2, 0.25) is 0 Å². The number of aromatic nitrogens is 1. The smallest absolute Gasteiger partial charge is 0.271 e. The fraction of sp³-hybridized carbons (Fsp3) is 0.118. The normalized spacial score (nSPS) is 11.4. The fourth-order valence-electron chi connectivity index (χ4n) is 2.35. The number of pyridine rings is 1. The Morgan fingerprint density at radius 3 is 2.39 bits per heavy atom. The van der Waals surface area contributed by atoms with E-state index in [1.54, 1.807) is 18.3 Å². The third kappa shape index (κ3) is 3.60. The predicted octanol–water partition coefficient (Wildman–Crippen LogP) is 4.23. The zero-order chi connectivity index (χ0) is 16.4. The van der Waals surface area contributed by atoms with E-state index >= 15 is 0 Å². The van der Waals surface area contributed by atoms with Crippen LogP contribution in [-0.2, 0) is 10.0 Å². The van der Waals surface area contributed by atoms with Crippen molar-refractivity contribution in [3.63, 3.8) is 0 Å². The Hall–Kier alpha value is -2.18. The zero-order valence-corrected chi connectivity index (χ0v) is 14.4. The molecule has 0 spiro atoms. The van der Waals surface area contributed by atoms with Gasteiger partial charge in [-0.05, 0) is 61.4 Å². The highest BCUT2D eigenvalue weighted by Crippen LogP contribution is 2.30. The molecular weight excluding hydrogens is 328 g/mol. The minimum Gasteiger partial charge on any atom is -0.279 e. The largest absolute Gasteiger partial charge is 0.279 e. The molecular formula is C17H16N2O2S2. The second-order valence-corrected chi connectivity index (χ2v) is 8.31. The van der Waals surface area contributed by atoms with Crippen molar-refractivity contribution >= 4 is 27.0 Å². The molecule has 0 unspecified atom stereocenters. The van der Waals surface area contributed by atoms with Crippen molar-refractivity contribution in [2.75, 3.05) is 4.72 Å². The van der Waals surface area contributed by atoms with Gasteiger partial charge in [-0.15, -0.1) is 11.3 Å². The monoisotopic (exact) mass is 344 g/mol. The third-order valence-corrected chi connectivity index (χ3v) is 6.22. The highest BCUT2D eigenvalue weighted by Gasteiger charge is 2.18. The molecule has 6 heteroatoms. The number of nitrogens with zero attached hydrogens (tertiary/aromatic N) is 1. The van der Waals surface area contributed by atoms with E-state index in [-0.39, 0.29) is 4.21 Å². The lowest BCUT2D eigenvalue weighted by Gasteiger charge is -2.08. The Labute approximate surface area is 139 Å². The van der Waals surface area contributed by atoms with Gasteiger partial charge in [-0.2, -0.15) is 0 Å². The Kier molecular flexibility index (Phi) is 4.19. The predicted molar refractivity (Wildman–Crippen MR) is 94.3 cm³/mol. The molecule has 4 nitrogen and oxygen atoms in total. The number of nitrogens with one attached hydrogen (secondary N) is 1. The Morgan fingerprint density at radius 2 is 1.74 bits per heavy atom. The van der Waals surface area contributed by atoms with Crippen LogP contribution < -0.4 is 4.72 Å². The van der Waals surface area contributed by atoms with E-state index < -0.39 is 10.0 Å². The number of hydrogen-bond donors (Lipinski definition) is 1. The molecule has 0 atom stereocenters. The summed E-state index contributed by atoms with van der Waals surface area (Å²) in [6.45, 7) is 3.88. The van der Waals surface area contributed by atoms with Crippen LogP contribution in [0.5, 0.6) is 0 Å². The summed E-state index contributed by atoms with van der Waals surface area (Å²) in [5.41, 5.74) is 3.38. The summed E-state index contributed by atoms with van der Waals surface area (Å²) in [6.07, 6.45) is 1.69. The summed E-state index contributed by atoms with van der Waals surface area (Å²) in [7, 11) is -3.59. The number of thiophene rings is 1. The van der Waals surface area contributed by atoms with E-state index in [0.717, 1.165) is 21.7 Å². The molecule has 3 rings (SSSR count). The van der Waals surface area contributed by atoms with Crippen molar-refractivity contribution in [2.24, 2.45) is 0 Å². The van der Waals surface area contributed by atoms with Crippen molar-refractivity contribution in [3.8, 4) is 10.6 Å². The molecule has 0 amide bonds. The van der Waals surface area contributed by atoms with Crippen LogP contribution in [0.1, 0.15) is 11.1 Å². The van der Waals surface area contributed by atoms with Crippen LogP contribution >= 0.6 is 11.3 Å². The van der Waals surface area contributed by atoms with E-state index in [9.17, 15) is 8.42 Å². The van der Waals surface area contributed by atoms with Crippen LogP contribution in [0.3, 0.4) is 0 Å². The molecule has 0 saturated heterocycles. The highest BCUT2D eigenvalue weighted by atomic mass is 32.2. The molecule has 118 valence electrons. The maximum absolute atomic E-state index is 12.5. The average Bonchev–Trinajstić information content (AvgIpc) is 2.97. The summed E-state index contributed by atoms with van der Waals surface area (Å²) in [5.74, 6) is 0. The Balaban J connectivity index is 1.90. The highest BCUT2D eigenvalue weighted by molar-refractivity contribution is 7.94. The summed E-state index contributed by atoms with van der Waals surface area (Å²) in [4.78, 5) is 5.07. The van der Waals surface area contributed by atoms with Gasteiger partial charge in [0.15, 0.2) is 0 Å². The minimum absolute atomic E-state index is 0.275. The molecule has 1 aromatic carbocycles. The van der Waals surface area contributed by atoms with Gasteiger partial charge in [-0.1, -0.05) is 12.1 Å². The second kappa shape index (κ2) is 6.14. The SMILES string of the molecule is Cc1cc(C)cc(NS(=O)(=O)c2ccc(-c3ccccn3)s2)c1. The van der Waals surface area contributed by atoms with Crippen LogP contribution in [0.15, 0.2) is 58.9 Å². The molecule has 3 aromatic rings. The molecule has 2 heterocycles. The topological polar surface area (TPSA) is 59.1 Å². The average molecular weight is 344 g/mol. The first-order valence-electron chi connectivity index (χ1n) is 7.06. The van der Waals surface area contributed by atoms with Crippen molar-refractivity contribution in [1.82, 2.24) is 4.98 Å². The first-order chi connectivity index (χ1) is 10.9. The Morgan fingerprint density at radius 1 is 1.00 bits per heavy atom. The molecule has 0 saturated carbocycles. The maximum atomic E-state index is 12.5. The van der Waals surface area contributed by atoms with Gasteiger partial charge < -0.3 is 0 Å². The molecule has 0 aliphatic carbocycles. The van der Waals surface area contributed by atoms with Crippen molar-refractivity contribution in [3.05, 3.63) is 65.9 Å². The van der Waals surface area contributed by atoms with Gasteiger partial charge >= 0.3 is 0 Å². The molecule has 0 fully saturated rings. The quantitative estimate of drug-likeness (QED) is 0.770. The maximum Gasteiger partial charge on any atom is 0.271 e. The summed E-state index contributed by atoms with van der Waals surface area (Å²) < 4.78 is 28.0. The lowest BCUT2D eigenvalue weighted by atomic mass is 10.1. The van der Waals surface area contributed by atoms with Crippen molar-refractivity contribution < 1.29 is 8.42 Å². The molecule has 2 aromatic heterocycles. The van der Waals surface area contributed by atoms with Crippen LogP contribution in [0.4, 0.5) is 5.69 Å². The molecule has 0 aliphatic heterocycles. The van der Waals surface area contributed by atoms with Crippen LogP contribution in [0.25, 0.3) is 10.6 Å². The number of rotatable bonds is 4. The summed E-state index contributed by atoms with van der Waals surface area (Å²) >= 11 is 1.21. The molecule has 0 radical (unpaired) electrons. The Bertz CT molecular complexity index is 912. The standard InChI is InChI=1S/C17H16N2O2S2/c1-12-9-13(2)11-14(10-12)19-23(20,21)17-7-6-16(22-17)15-5-3-4-8-18-15/h3-11,19H,1-2H3. The van der Waals surface area contributed by atoms with Crippen LogP contribution in [0, 0.1) is 13.8 Å². The summed E-state index contributed by atoms with van der Waals surface area (Å²) in [6, 6.07) is 14.6. The third-order valence-electron chi connectivity index (χ3n) is 3.24. The molecule has 23 heavy (non-hydrogen) atoms. The number of benzene rings is 1. The molecule has 1 N–H and O–H groups in total. The number of anilines is 1. The van der Waals surface area contributed by atoms with Gasteiger partial charge in [0.2, 0.25) is 0 Å². The number of hydrogen-bond acceptors (Lipinski definition) is 4. The first kappa shape index (κ1) is 15.7. The van der Waals surface area contributed by atoms with E-state index in [0.29, 0.717) is 5.69 Å². The second-order valence-electron chi connectivity index (χ2n) is 5.32. The van der Waals surface area contributed by atoms with Crippen molar-refractivity contribution in [2.45, 2.75) is 18.1 Å².